The average molecular weight is 408 g/mol. The molecule has 0 aromatic rings. The monoisotopic (exact) mass is 407 g/mol. The van der Waals surface area contributed by atoms with Crippen molar-refractivity contribution in [2.24, 2.45) is 23.7 Å². The summed E-state index contributed by atoms with van der Waals surface area (Å²) in [6.45, 7) is 8.56. The van der Waals surface area contributed by atoms with Crippen LogP contribution in [0.25, 0.3) is 0 Å². The number of carbonyl (C=O) groups excluding carboxylic acids is 1. The minimum Gasteiger partial charge on any atom is -0.392 e. The van der Waals surface area contributed by atoms with Crippen LogP contribution >= 0.6 is 0 Å². The molecule has 0 saturated heterocycles. The summed E-state index contributed by atoms with van der Waals surface area (Å²) < 4.78 is 0. The summed E-state index contributed by atoms with van der Waals surface area (Å²) in [5.41, 5.74) is 0.656. The van der Waals surface area contributed by atoms with E-state index < -0.39 is 12.2 Å². The maximum absolute atomic E-state index is 12.9. The van der Waals surface area contributed by atoms with Gasteiger partial charge in [-0.1, -0.05) is 71.8 Å². The third-order valence-corrected chi connectivity index (χ3v) is 7.34. The van der Waals surface area contributed by atoms with Gasteiger partial charge in [0.2, 0.25) is 5.91 Å². The molecule has 168 valence electrons. The lowest BCUT2D eigenvalue weighted by Gasteiger charge is -2.36. The zero-order chi connectivity index (χ0) is 21.2. The van der Waals surface area contributed by atoms with E-state index in [0.717, 1.165) is 38.5 Å². The molecule has 2 fully saturated rings. The molecule has 0 aliphatic heterocycles. The molecule has 6 atom stereocenters. The predicted octanol–water partition coefficient (Wildman–Crippen LogP) is 5.33. The summed E-state index contributed by atoms with van der Waals surface area (Å²) in [7, 11) is 0. The predicted molar refractivity (Wildman–Crippen MR) is 119 cm³/mol. The van der Waals surface area contributed by atoms with Crippen LogP contribution in [0.15, 0.2) is 12.3 Å². The Morgan fingerprint density at radius 2 is 1.31 bits per heavy atom. The molecule has 0 aromatic heterocycles. The van der Waals surface area contributed by atoms with E-state index in [9.17, 15) is 15.0 Å². The molecular weight excluding hydrogens is 362 g/mol. The second-order valence-electron chi connectivity index (χ2n) is 9.71. The Morgan fingerprint density at radius 3 is 1.83 bits per heavy atom. The molecule has 1 amide bonds. The van der Waals surface area contributed by atoms with Crippen molar-refractivity contribution in [3.05, 3.63) is 12.3 Å². The van der Waals surface area contributed by atoms with Crippen molar-refractivity contribution in [2.75, 3.05) is 0 Å². The van der Waals surface area contributed by atoms with Crippen molar-refractivity contribution >= 4 is 5.91 Å². The molecule has 4 heteroatoms. The zero-order valence-corrected chi connectivity index (χ0v) is 18.9. The van der Waals surface area contributed by atoms with Crippen molar-refractivity contribution in [3.63, 3.8) is 0 Å². The van der Waals surface area contributed by atoms with Crippen LogP contribution in [-0.4, -0.2) is 28.3 Å². The first-order valence-electron chi connectivity index (χ1n) is 12.3. The van der Waals surface area contributed by atoms with Gasteiger partial charge >= 0.3 is 0 Å². The number of aliphatic hydroxyl groups excluding tert-OH is 2. The van der Waals surface area contributed by atoms with Gasteiger partial charge in [-0.05, 0) is 50.4 Å². The van der Waals surface area contributed by atoms with Crippen LogP contribution in [0.3, 0.4) is 0 Å². The van der Waals surface area contributed by atoms with Gasteiger partial charge in [0.25, 0.3) is 0 Å². The molecule has 0 bridgehead atoms. The van der Waals surface area contributed by atoms with E-state index in [-0.39, 0.29) is 17.7 Å². The molecule has 2 rings (SSSR count). The first-order chi connectivity index (χ1) is 14.0. The number of aliphatic hydroxyl groups is 2. The Hall–Kier alpha value is -0.870. The lowest BCUT2D eigenvalue weighted by atomic mass is 9.75. The second-order valence-corrected chi connectivity index (χ2v) is 9.71. The van der Waals surface area contributed by atoms with Gasteiger partial charge in [-0.3, -0.25) is 4.79 Å². The highest BCUT2D eigenvalue weighted by Gasteiger charge is 2.36. The molecule has 6 unspecified atom stereocenters. The van der Waals surface area contributed by atoms with Crippen molar-refractivity contribution < 1.29 is 15.0 Å². The number of hydrogen-bond acceptors (Lipinski definition) is 3. The van der Waals surface area contributed by atoms with Gasteiger partial charge in [0, 0.05) is 11.6 Å². The molecule has 0 spiro atoms. The van der Waals surface area contributed by atoms with E-state index >= 15 is 0 Å². The number of amides is 1. The number of nitrogens with one attached hydrogen (secondary N) is 1. The van der Waals surface area contributed by atoms with Gasteiger partial charge < -0.3 is 15.5 Å². The fraction of sp³-hybridized carbons (Fsp3) is 0.880. The Bertz CT molecular complexity index is 462. The highest BCUT2D eigenvalue weighted by atomic mass is 16.3. The Kier molecular flexibility index (Phi) is 10.7. The first kappa shape index (κ1) is 24.4. The molecule has 2 aliphatic carbocycles. The fourth-order valence-electron chi connectivity index (χ4n) is 5.37. The highest BCUT2D eigenvalue weighted by Crippen LogP contribution is 2.37. The maximum Gasteiger partial charge on any atom is 0.229 e. The maximum atomic E-state index is 12.9. The van der Waals surface area contributed by atoms with E-state index in [1.165, 1.54) is 44.9 Å². The standard InChI is InChI=1S/C25H45NO3/c1-4-6-8-10-19-12-14-23(27)21(16-19)18(3)26-25(29)22-17-20(11-9-7-5-2)13-15-24(22)28/h19-24,27-28H,3-17H2,1-2H3,(H,26,29). The number of unbranched alkanes of at least 4 members (excludes halogenated alkanes) is 4. The van der Waals surface area contributed by atoms with Gasteiger partial charge in [-0.15, -0.1) is 0 Å². The summed E-state index contributed by atoms with van der Waals surface area (Å²) in [5, 5.41) is 23.9. The molecule has 2 aliphatic rings. The summed E-state index contributed by atoms with van der Waals surface area (Å²) in [5.74, 6) is 0.667. The molecule has 29 heavy (non-hydrogen) atoms. The van der Waals surface area contributed by atoms with Gasteiger partial charge in [-0.2, -0.15) is 0 Å². The fourth-order valence-corrected chi connectivity index (χ4v) is 5.37. The van der Waals surface area contributed by atoms with Crippen molar-refractivity contribution in [1.82, 2.24) is 5.32 Å². The highest BCUT2D eigenvalue weighted by molar-refractivity contribution is 5.81. The normalized spacial score (nSPS) is 32.7. The quantitative estimate of drug-likeness (QED) is 0.405. The average Bonchev–Trinajstić information content (AvgIpc) is 2.70. The van der Waals surface area contributed by atoms with E-state index in [1.54, 1.807) is 0 Å². The van der Waals surface area contributed by atoms with Crippen LogP contribution in [0.1, 0.15) is 104 Å². The minimum absolute atomic E-state index is 0.0552. The van der Waals surface area contributed by atoms with Crippen molar-refractivity contribution in [1.29, 1.82) is 0 Å². The van der Waals surface area contributed by atoms with Gasteiger partial charge in [0.15, 0.2) is 0 Å². The Balaban J connectivity index is 1.86. The van der Waals surface area contributed by atoms with E-state index in [0.29, 0.717) is 24.0 Å². The van der Waals surface area contributed by atoms with Crippen LogP contribution in [0, 0.1) is 23.7 Å². The summed E-state index contributed by atoms with van der Waals surface area (Å²) in [6, 6.07) is 0. The zero-order valence-electron chi connectivity index (χ0n) is 18.9. The minimum atomic E-state index is -0.553. The molecular formula is C25H45NO3. The van der Waals surface area contributed by atoms with E-state index in [1.807, 2.05) is 0 Å². The van der Waals surface area contributed by atoms with Crippen LogP contribution in [0.2, 0.25) is 0 Å². The van der Waals surface area contributed by atoms with Crippen LogP contribution in [0.4, 0.5) is 0 Å². The summed E-state index contributed by atoms with van der Waals surface area (Å²) in [4.78, 5) is 12.9. The van der Waals surface area contributed by atoms with E-state index in [2.05, 4.69) is 25.7 Å². The van der Waals surface area contributed by atoms with E-state index in [4.69, 9.17) is 0 Å². The van der Waals surface area contributed by atoms with Crippen LogP contribution in [0.5, 0.6) is 0 Å². The molecule has 3 N–H and O–H groups in total. The Labute approximate surface area is 178 Å². The van der Waals surface area contributed by atoms with Gasteiger partial charge in [-0.25, -0.2) is 0 Å². The third-order valence-electron chi connectivity index (χ3n) is 7.34. The largest absolute Gasteiger partial charge is 0.392 e. The summed E-state index contributed by atoms with van der Waals surface area (Å²) >= 11 is 0. The SMILES string of the molecule is C=C(NC(=O)C1CC(CCCCC)CCC1O)C1CC(CCCCC)CCC1O. The van der Waals surface area contributed by atoms with Crippen molar-refractivity contribution in [2.45, 2.75) is 116 Å². The lowest BCUT2D eigenvalue weighted by molar-refractivity contribution is -0.130. The van der Waals surface area contributed by atoms with Gasteiger partial charge in [0.1, 0.15) is 0 Å². The molecule has 2 saturated carbocycles. The number of carbonyl (C=O) groups is 1. The molecule has 0 heterocycles. The van der Waals surface area contributed by atoms with Crippen LogP contribution in [-0.2, 0) is 4.79 Å². The van der Waals surface area contributed by atoms with Crippen molar-refractivity contribution in [3.8, 4) is 0 Å². The molecule has 4 nitrogen and oxygen atoms in total. The Morgan fingerprint density at radius 1 is 0.828 bits per heavy atom. The lowest BCUT2D eigenvalue weighted by Crippen LogP contribution is -2.43. The molecule has 0 radical (unpaired) electrons. The smallest absolute Gasteiger partial charge is 0.229 e. The summed E-state index contributed by atoms with van der Waals surface area (Å²) in [6.07, 6.45) is 14.1. The first-order valence-corrected chi connectivity index (χ1v) is 12.3. The number of hydrogen-bond donors (Lipinski definition) is 3. The topological polar surface area (TPSA) is 69.6 Å². The number of rotatable bonds is 11. The van der Waals surface area contributed by atoms with Gasteiger partial charge in [0.05, 0.1) is 18.1 Å². The third kappa shape index (κ3) is 7.71. The van der Waals surface area contributed by atoms with Crippen LogP contribution < -0.4 is 5.32 Å². The molecule has 0 aromatic carbocycles. The second kappa shape index (κ2) is 12.7.